The van der Waals surface area contributed by atoms with Gasteiger partial charge in [-0.1, -0.05) is 0 Å². The second-order valence-electron chi connectivity index (χ2n) is 4.19. The lowest BCUT2D eigenvalue weighted by atomic mass is 10.3. The fraction of sp³-hybridized carbons (Fsp3) is 0.0909. The minimum absolute atomic E-state index is 0.0288. The van der Waals surface area contributed by atoms with Crippen molar-refractivity contribution in [3.63, 3.8) is 0 Å². The van der Waals surface area contributed by atoms with Gasteiger partial charge in [-0.15, -0.1) is 11.3 Å². The van der Waals surface area contributed by atoms with Gasteiger partial charge >= 0.3 is 0 Å². The number of nitrogen functional groups attached to an aromatic ring is 1. The lowest BCUT2D eigenvalue weighted by Crippen LogP contribution is -2.13. The highest BCUT2D eigenvalue weighted by molar-refractivity contribution is 7.92. The van der Waals surface area contributed by atoms with Crippen molar-refractivity contribution in [2.45, 2.75) is 4.90 Å². The second kappa shape index (κ2) is 4.46. The van der Waals surface area contributed by atoms with Crippen LogP contribution < -0.4 is 10.5 Å². The molecule has 0 aliphatic heterocycles. The van der Waals surface area contributed by atoms with Crippen molar-refractivity contribution in [1.82, 2.24) is 14.8 Å². The number of hydrogen-bond donors (Lipinski definition) is 2. The Morgan fingerprint density at radius 3 is 2.90 bits per heavy atom. The van der Waals surface area contributed by atoms with Crippen LogP contribution in [-0.4, -0.2) is 23.2 Å². The number of nitrogens with one attached hydrogen (secondary N) is 1. The van der Waals surface area contributed by atoms with E-state index in [0.717, 1.165) is 10.2 Å². The molecule has 0 fully saturated rings. The van der Waals surface area contributed by atoms with E-state index in [1.807, 2.05) is 0 Å². The number of nitrogens with zero attached hydrogens (tertiary/aromatic N) is 3. The third kappa shape index (κ3) is 2.21. The first-order valence-electron chi connectivity index (χ1n) is 5.61. The zero-order chi connectivity index (χ0) is 14.3. The monoisotopic (exact) mass is 309 g/mol. The van der Waals surface area contributed by atoms with Gasteiger partial charge in [-0.05, 0) is 18.2 Å². The van der Waals surface area contributed by atoms with E-state index >= 15 is 0 Å². The zero-order valence-electron chi connectivity index (χ0n) is 10.4. The van der Waals surface area contributed by atoms with Crippen molar-refractivity contribution in [3.05, 3.63) is 29.9 Å². The molecule has 0 aliphatic rings. The molecule has 0 amide bonds. The molecule has 3 rings (SSSR count). The van der Waals surface area contributed by atoms with Crippen molar-refractivity contribution < 1.29 is 8.42 Å². The normalized spacial score (nSPS) is 11.8. The molecule has 0 bridgehead atoms. The SMILES string of the molecule is Cn1cc(S(=O)(=O)Nc2ccc3ncsc3c2)c(N)n1. The van der Waals surface area contributed by atoms with Crippen LogP contribution in [0.1, 0.15) is 0 Å². The molecular formula is C11H11N5O2S2. The molecule has 0 spiro atoms. The van der Waals surface area contributed by atoms with E-state index in [2.05, 4.69) is 14.8 Å². The number of benzene rings is 1. The molecule has 0 saturated heterocycles. The summed E-state index contributed by atoms with van der Waals surface area (Å²) in [6, 6.07) is 5.15. The molecule has 1 aromatic carbocycles. The van der Waals surface area contributed by atoms with Crippen molar-refractivity contribution in [2.24, 2.45) is 7.05 Å². The van der Waals surface area contributed by atoms with Gasteiger partial charge in [-0.2, -0.15) is 5.10 Å². The summed E-state index contributed by atoms with van der Waals surface area (Å²) in [5.74, 6) is -0.0288. The summed E-state index contributed by atoms with van der Waals surface area (Å²) in [5.41, 5.74) is 8.60. The number of hydrogen-bond acceptors (Lipinski definition) is 6. The van der Waals surface area contributed by atoms with Gasteiger partial charge in [0.25, 0.3) is 10.0 Å². The summed E-state index contributed by atoms with van der Waals surface area (Å²) in [5, 5.41) is 3.83. The third-order valence-electron chi connectivity index (χ3n) is 2.70. The lowest BCUT2D eigenvalue weighted by Gasteiger charge is -2.06. The molecule has 2 aromatic heterocycles. The Bertz CT molecular complexity index is 881. The average molecular weight is 309 g/mol. The molecular weight excluding hydrogens is 298 g/mol. The zero-order valence-corrected chi connectivity index (χ0v) is 12.1. The maximum Gasteiger partial charge on any atom is 0.267 e. The first-order valence-corrected chi connectivity index (χ1v) is 7.97. The van der Waals surface area contributed by atoms with Crippen LogP contribution in [0, 0.1) is 0 Å². The number of fused-ring (bicyclic) bond motifs is 1. The Kier molecular flexibility index (Phi) is 2.87. The highest BCUT2D eigenvalue weighted by atomic mass is 32.2. The predicted octanol–water partition coefficient (Wildman–Crippen LogP) is 1.41. The third-order valence-corrected chi connectivity index (χ3v) is 4.88. The first kappa shape index (κ1) is 12.9. The Morgan fingerprint density at radius 2 is 2.20 bits per heavy atom. The molecule has 0 radical (unpaired) electrons. The standard InChI is InChI=1S/C11H11N5O2S2/c1-16-5-10(11(12)14-16)20(17,18)15-7-2-3-8-9(4-7)19-6-13-8/h2-6,15H,1H3,(H2,12,14). The number of aromatic nitrogens is 3. The Morgan fingerprint density at radius 1 is 1.40 bits per heavy atom. The highest BCUT2D eigenvalue weighted by Gasteiger charge is 2.20. The summed E-state index contributed by atoms with van der Waals surface area (Å²) < 4.78 is 29.3. The van der Waals surface area contributed by atoms with E-state index in [1.165, 1.54) is 22.2 Å². The van der Waals surface area contributed by atoms with Crippen LogP contribution in [0.2, 0.25) is 0 Å². The summed E-state index contributed by atoms with van der Waals surface area (Å²) in [4.78, 5) is 4.10. The molecule has 0 unspecified atom stereocenters. The molecule has 0 saturated carbocycles. The van der Waals surface area contributed by atoms with E-state index in [9.17, 15) is 8.42 Å². The van der Waals surface area contributed by atoms with Gasteiger partial charge in [0.1, 0.15) is 4.90 Å². The summed E-state index contributed by atoms with van der Waals surface area (Å²) in [6.07, 6.45) is 1.36. The number of anilines is 2. The molecule has 104 valence electrons. The lowest BCUT2D eigenvalue weighted by molar-refractivity contribution is 0.601. The van der Waals surface area contributed by atoms with Gasteiger partial charge < -0.3 is 5.73 Å². The predicted molar refractivity (Wildman–Crippen MR) is 78.0 cm³/mol. The molecule has 3 aromatic rings. The minimum Gasteiger partial charge on any atom is -0.381 e. The van der Waals surface area contributed by atoms with Gasteiger partial charge in [0.2, 0.25) is 0 Å². The summed E-state index contributed by atoms with van der Waals surface area (Å²) in [7, 11) is -2.14. The van der Waals surface area contributed by atoms with Crippen LogP contribution in [0.15, 0.2) is 34.8 Å². The quantitative estimate of drug-likeness (QED) is 0.761. The molecule has 2 heterocycles. The van der Waals surface area contributed by atoms with Gasteiger partial charge in [-0.3, -0.25) is 9.40 Å². The van der Waals surface area contributed by atoms with Gasteiger partial charge in [0.05, 0.1) is 21.4 Å². The molecule has 20 heavy (non-hydrogen) atoms. The number of thiazole rings is 1. The Labute approximate surface area is 119 Å². The maximum absolute atomic E-state index is 12.3. The van der Waals surface area contributed by atoms with Crippen molar-refractivity contribution >= 4 is 43.1 Å². The van der Waals surface area contributed by atoms with Crippen LogP contribution in [-0.2, 0) is 17.1 Å². The topological polar surface area (TPSA) is 103 Å². The van der Waals surface area contributed by atoms with E-state index in [1.54, 1.807) is 30.8 Å². The number of rotatable bonds is 3. The first-order chi connectivity index (χ1) is 9.45. The van der Waals surface area contributed by atoms with E-state index in [-0.39, 0.29) is 10.7 Å². The van der Waals surface area contributed by atoms with E-state index in [4.69, 9.17) is 5.73 Å². The van der Waals surface area contributed by atoms with Gasteiger partial charge in [0, 0.05) is 13.2 Å². The number of aryl methyl sites for hydroxylation is 1. The summed E-state index contributed by atoms with van der Waals surface area (Å²) in [6.45, 7) is 0. The fourth-order valence-corrected chi connectivity index (χ4v) is 3.69. The minimum atomic E-state index is -3.75. The second-order valence-corrected chi connectivity index (χ2v) is 6.73. The molecule has 9 heteroatoms. The average Bonchev–Trinajstić information content (AvgIpc) is 2.94. The maximum atomic E-state index is 12.3. The summed E-state index contributed by atoms with van der Waals surface area (Å²) >= 11 is 1.44. The number of sulfonamides is 1. The van der Waals surface area contributed by atoms with E-state index in [0.29, 0.717) is 5.69 Å². The largest absolute Gasteiger partial charge is 0.381 e. The van der Waals surface area contributed by atoms with Crippen LogP contribution in [0.3, 0.4) is 0 Å². The van der Waals surface area contributed by atoms with E-state index < -0.39 is 10.0 Å². The molecule has 7 nitrogen and oxygen atoms in total. The van der Waals surface area contributed by atoms with Crippen LogP contribution in [0.4, 0.5) is 11.5 Å². The van der Waals surface area contributed by atoms with Crippen molar-refractivity contribution in [2.75, 3.05) is 10.5 Å². The van der Waals surface area contributed by atoms with Gasteiger partial charge in [-0.25, -0.2) is 13.4 Å². The number of nitrogens with two attached hydrogens (primary N) is 1. The smallest absolute Gasteiger partial charge is 0.267 e. The molecule has 0 aliphatic carbocycles. The Balaban J connectivity index is 1.98. The Hall–Kier alpha value is -2.13. The van der Waals surface area contributed by atoms with Crippen LogP contribution in [0.5, 0.6) is 0 Å². The van der Waals surface area contributed by atoms with Crippen molar-refractivity contribution in [3.8, 4) is 0 Å². The fourth-order valence-electron chi connectivity index (χ4n) is 1.82. The van der Waals surface area contributed by atoms with Gasteiger partial charge in [0.15, 0.2) is 5.82 Å². The highest BCUT2D eigenvalue weighted by Crippen LogP contribution is 2.25. The van der Waals surface area contributed by atoms with Crippen LogP contribution >= 0.6 is 11.3 Å². The molecule has 3 N–H and O–H groups in total. The van der Waals surface area contributed by atoms with Crippen LogP contribution in [0.25, 0.3) is 10.2 Å². The molecule has 0 atom stereocenters. The van der Waals surface area contributed by atoms with Crippen molar-refractivity contribution in [1.29, 1.82) is 0 Å².